The summed E-state index contributed by atoms with van der Waals surface area (Å²) in [6.45, 7) is 1.41. The van der Waals surface area contributed by atoms with E-state index in [1.807, 2.05) is 0 Å². The lowest BCUT2D eigenvalue weighted by atomic mass is 10.2. The molecular weight excluding hydrogens is 344 g/mol. The van der Waals surface area contributed by atoms with Gasteiger partial charge in [-0.2, -0.15) is 0 Å². The highest BCUT2D eigenvalue weighted by molar-refractivity contribution is 6.35. The van der Waals surface area contributed by atoms with E-state index in [0.29, 0.717) is 15.7 Å². The van der Waals surface area contributed by atoms with Crippen LogP contribution in [-0.4, -0.2) is 18.0 Å². The second-order valence-corrected chi connectivity index (χ2v) is 5.51. The van der Waals surface area contributed by atoms with Crippen molar-refractivity contribution >= 4 is 40.8 Å². The van der Waals surface area contributed by atoms with Crippen molar-refractivity contribution in [1.29, 1.82) is 0 Å². The van der Waals surface area contributed by atoms with E-state index in [2.05, 4.69) is 5.32 Å². The van der Waals surface area contributed by atoms with Crippen LogP contribution < -0.4 is 5.32 Å². The van der Waals surface area contributed by atoms with E-state index < -0.39 is 23.8 Å². The fourth-order valence-electron chi connectivity index (χ4n) is 1.70. The molecule has 1 atom stereocenters. The minimum absolute atomic E-state index is 0.145. The van der Waals surface area contributed by atoms with Crippen LogP contribution in [0.1, 0.15) is 17.3 Å². The number of hydrogen-bond donors (Lipinski definition) is 1. The molecule has 2 aromatic carbocycles. The summed E-state index contributed by atoms with van der Waals surface area (Å²) >= 11 is 11.8. The Morgan fingerprint density at radius 1 is 1.13 bits per heavy atom. The molecule has 0 bridgehead atoms. The maximum Gasteiger partial charge on any atom is 0.338 e. The van der Waals surface area contributed by atoms with Crippen molar-refractivity contribution in [3.8, 4) is 0 Å². The van der Waals surface area contributed by atoms with Gasteiger partial charge >= 0.3 is 5.97 Å². The number of anilines is 1. The Hall–Kier alpha value is -2.11. The minimum atomic E-state index is -1.07. The van der Waals surface area contributed by atoms with Crippen LogP contribution in [0.4, 0.5) is 10.1 Å². The first-order valence-corrected chi connectivity index (χ1v) is 7.35. The maximum absolute atomic E-state index is 12.8. The predicted octanol–water partition coefficient (Wildman–Crippen LogP) is 4.32. The molecule has 0 fully saturated rings. The van der Waals surface area contributed by atoms with Gasteiger partial charge in [-0.15, -0.1) is 0 Å². The van der Waals surface area contributed by atoms with Gasteiger partial charge in [0.1, 0.15) is 5.82 Å². The van der Waals surface area contributed by atoms with Gasteiger partial charge in [-0.25, -0.2) is 9.18 Å². The number of ether oxygens (including phenoxy) is 1. The van der Waals surface area contributed by atoms with E-state index >= 15 is 0 Å². The molecule has 120 valence electrons. The number of esters is 1. The van der Waals surface area contributed by atoms with Gasteiger partial charge in [-0.1, -0.05) is 23.2 Å². The third kappa shape index (κ3) is 4.68. The normalized spacial score (nSPS) is 11.7. The molecule has 0 aromatic heterocycles. The molecule has 7 heteroatoms. The van der Waals surface area contributed by atoms with Crippen LogP contribution in [0, 0.1) is 5.82 Å². The summed E-state index contributed by atoms with van der Waals surface area (Å²) in [5.41, 5.74) is 0.459. The number of nitrogens with one attached hydrogen (secondary N) is 1. The average Bonchev–Trinajstić information content (AvgIpc) is 2.51. The van der Waals surface area contributed by atoms with Crippen LogP contribution in [-0.2, 0) is 9.53 Å². The lowest BCUT2D eigenvalue weighted by molar-refractivity contribution is -0.123. The second kappa shape index (κ2) is 7.44. The summed E-state index contributed by atoms with van der Waals surface area (Å²) < 4.78 is 17.8. The standard InChI is InChI=1S/C16H12Cl2FNO3/c1-9(23-16(22)10-2-5-12(19)6-3-10)15(21)20-14-8-11(17)4-7-13(14)18/h2-9H,1H3,(H,20,21)/t9-/m0/s1. The second-order valence-electron chi connectivity index (χ2n) is 4.67. The van der Waals surface area contributed by atoms with Crippen molar-refractivity contribution in [2.45, 2.75) is 13.0 Å². The van der Waals surface area contributed by atoms with Gasteiger partial charge in [-0.05, 0) is 49.4 Å². The Balaban J connectivity index is 2.01. The molecule has 0 aliphatic rings. The summed E-state index contributed by atoms with van der Waals surface area (Å²) in [7, 11) is 0. The molecule has 0 unspecified atom stereocenters. The Morgan fingerprint density at radius 3 is 2.43 bits per heavy atom. The summed E-state index contributed by atoms with van der Waals surface area (Å²) in [5.74, 6) is -1.77. The lowest BCUT2D eigenvalue weighted by Crippen LogP contribution is -2.30. The Kier molecular flexibility index (Phi) is 5.58. The number of carbonyl (C=O) groups is 2. The van der Waals surface area contributed by atoms with Crippen molar-refractivity contribution in [3.05, 3.63) is 63.9 Å². The van der Waals surface area contributed by atoms with Crippen molar-refractivity contribution in [1.82, 2.24) is 0 Å². The molecule has 2 aromatic rings. The number of carbonyl (C=O) groups excluding carboxylic acids is 2. The predicted molar refractivity (Wildman–Crippen MR) is 86.4 cm³/mol. The van der Waals surface area contributed by atoms with Crippen molar-refractivity contribution < 1.29 is 18.7 Å². The number of amides is 1. The van der Waals surface area contributed by atoms with Gasteiger partial charge in [0.15, 0.2) is 6.10 Å². The molecule has 4 nitrogen and oxygen atoms in total. The highest BCUT2D eigenvalue weighted by Crippen LogP contribution is 2.25. The first-order valence-electron chi connectivity index (χ1n) is 6.59. The Morgan fingerprint density at radius 2 is 1.78 bits per heavy atom. The zero-order chi connectivity index (χ0) is 17.0. The highest BCUT2D eigenvalue weighted by atomic mass is 35.5. The highest BCUT2D eigenvalue weighted by Gasteiger charge is 2.20. The van der Waals surface area contributed by atoms with E-state index in [1.54, 1.807) is 6.07 Å². The van der Waals surface area contributed by atoms with Crippen molar-refractivity contribution in [3.63, 3.8) is 0 Å². The molecule has 2 rings (SSSR count). The van der Waals surface area contributed by atoms with Gasteiger partial charge < -0.3 is 10.1 Å². The maximum atomic E-state index is 12.8. The van der Waals surface area contributed by atoms with E-state index in [1.165, 1.54) is 31.2 Å². The molecule has 0 aliphatic carbocycles. The van der Waals surface area contributed by atoms with E-state index in [0.717, 1.165) is 12.1 Å². The fraction of sp³-hybridized carbons (Fsp3) is 0.125. The largest absolute Gasteiger partial charge is 0.449 e. The first kappa shape index (κ1) is 17.2. The summed E-state index contributed by atoms with van der Waals surface area (Å²) in [4.78, 5) is 23.9. The van der Waals surface area contributed by atoms with Crippen LogP contribution in [0.15, 0.2) is 42.5 Å². The van der Waals surface area contributed by atoms with E-state index in [9.17, 15) is 14.0 Å². The van der Waals surface area contributed by atoms with Crippen LogP contribution in [0.2, 0.25) is 10.0 Å². The Labute approximate surface area is 142 Å². The average molecular weight is 356 g/mol. The molecule has 23 heavy (non-hydrogen) atoms. The third-order valence-corrected chi connectivity index (χ3v) is 3.48. The van der Waals surface area contributed by atoms with Gasteiger partial charge in [0.05, 0.1) is 16.3 Å². The number of halogens is 3. The van der Waals surface area contributed by atoms with E-state index in [4.69, 9.17) is 27.9 Å². The number of hydrogen-bond acceptors (Lipinski definition) is 3. The van der Waals surface area contributed by atoms with E-state index in [-0.39, 0.29) is 5.56 Å². The zero-order valence-corrected chi connectivity index (χ0v) is 13.5. The molecule has 0 heterocycles. The molecular formula is C16H12Cl2FNO3. The topological polar surface area (TPSA) is 55.4 Å². The van der Waals surface area contributed by atoms with Gasteiger partial charge in [0.2, 0.25) is 0 Å². The smallest absolute Gasteiger partial charge is 0.338 e. The number of benzene rings is 2. The monoisotopic (exact) mass is 355 g/mol. The quantitative estimate of drug-likeness (QED) is 0.831. The summed E-state index contributed by atoms with van der Waals surface area (Å²) in [5, 5.41) is 3.23. The minimum Gasteiger partial charge on any atom is -0.449 e. The van der Waals surface area contributed by atoms with Crippen molar-refractivity contribution in [2.24, 2.45) is 0 Å². The fourth-order valence-corrected chi connectivity index (χ4v) is 2.03. The summed E-state index contributed by atoms with van der Waals surface area (Å²) in [6, 6.07) is 9.41. The van der Waals surface area contributed by atoms with Crippen LogP contribution >= 0.6 is 23.2 Å². The number of rotatable bonds is 4. The van der Waals surface area contributed by atoms with Crippen LogP contribution in [0.5, 0.6) is 0 Å². The molecule has 0 radical (unpaired) electrons. The van der Waals surface area contributed by atoms with Crippen LogP contribution in [0.3, 0.4) is 0 Å². The van der Waals surface area contributed by atoms with Gasteiger partial charge in [-0.3, -0.25) is 4.79 Å². The molecule has 0 spiro atoms. The van der Waals surface area contributed by atoms with Gasteiger partial charge in [0, 0.05) is 5.02 Å². The Bertz CT molecular complexity index is 735. The zero-order valence-electron chi connectivity index (χ0n) is 12.0. The molecule has 1 N–H and O–H groups in total. The SMILES string of the molecule is C[C@H](OC(=O)c1ccc(F)cc1)C(=O)Nc1cc(Cl)ccc1Cl. The van der Waals surface area contributed by atoms with Crippen molar-refractivity contribution in [2.75, 3.05) is 5.32 Å². The molecule has 0 aliphatic heterocycles. The van der Waals surface area contributed by atoms with Crippen LogP contribution in [0.25, 0.3) is 0 Å². The lowest BCUT2D eigenvalue weighted by Gasteiger charge is -2.14. The summed E-state index contributed by atoms with van der Waals surface area (Å²) in [6.07, 6.45) is -1.07. The molecule has 0 saturated carbocycles. The first-order chi connectivity index (χ1) is 10.9. The molecule has 0 saturated heterocycles. The van der Waals surface area contributed by atoms with Gasteiger partial charge in [0.25, 0.3) is 5.91 Å². The molecule has 1 amide bonds. The third-order valence-electron chi connectivity index (χ3n) is 2.92.